The molecule has 1 aromatic carbocycles. The van der Waals surface area contributed by atoms with Crippen molar-refractivity contribution in [3.05, 3.63) is 29.3 Å². The molecule has 0 fully saturated rings. The molecule has 1 aromatic rings. The van der Waals surface area contributed by atoms with Crippen molar-refractivity contribution in [1.29, 1.82) is 5.26 Å². The summed E-state index contributed by atoms with van der Waals surface area (Å²) in [7, 11) is 0. The lowest BCUT2D eigenvalue weighted by atomic mass is 9.85. The molecule has 0 heterocycles. The van der Waals surface area contributed by atoms with Crippen LogP contribution in [0, 0.1) is 11.3 Å². The lowest BCUT2D eigenvalue weighted by Gasteiger charge is -2.24. The Morgan fingerprint density at radius 3 is 2.52 bits per heavy atom. The van der Waals surface area contributed by atoms with Gasteiger partial charge in [0, 0.05) is 6.42 Å². The smallest absolute Gasteiger partial charge is 0.123 e. The van der Waals surface area contributed by atoms with Crippen molar-refractivity contribution in [2.24, 2.45) is 0 Å². The average molecular weight is 288 g/mol. The molecule has 0 radical (unpaired) electrons. The highest BCUT2D eigenvalue weighted by molar-refractivity contribution is 5.41. The van der Waals surface area contributed by atoms with Crippen LogP contribution in [-0.2, 0) is 11.8 Å². The molecule has 0 amide bonds. The van der Waals surface area contributed by atoms with Crippen LogP contribution in [0.4, 0.5) is 0 Å². The van der Waals surface area contributed by atoms with E-state index in [4.69, 9.17) is 10.00 Å². The van der Waals surface area contributed by atoms with Gasteiger partial charge in [-0.05, 0) is 35.6 Å². The Labute approximate surface area is 129 Å². The Hall–Kier alpha value is -1.53. The highest BCUT2D eigenvalue weighted by Gasteiger charge is 2.19. The van der Waals surface area contributed by atoms with Gasteiger partial charge in [-0.1, -0.05) is 46.8 Å². The first kappa shape index (κ1) is 17.5. The van der Waals surface area contributed by atoms with Crippen LogP contribution in [0.25, 0.3) is 0 Å². The van der Waals surface area contributed by atoms with Crippen LogP contribution in [0.2, 0.25) is 0 Å². The third-order valence-electron chi connectivity index (χ3n) is 3.53. The molecule has 21 heavy (non-hydrogen) atoms. The summed E-state index contributed by atoms with van der Waals surface area (Å²) in [6, 6.07) is 8.55. The molecule has 1 atom stereocenters. The first-order valence-electron chi connectivity index (χ1n) is 7.81. The third-order valence-corrected chi connectivity index (χ3v) is 3.53. The molecule has 1 rings (SSSR count). The van der Waals surface area contributed by atoms with Crippen LogP contribution < -0.4 is 10.1 Å². The van der Waals surface area contributed by atoms with E-state index in [1.54, 1.807) is 0 Å². The van der Waals surface area contributed by atoms with E-state index < -0.39 is 0 Å². The van der Waals surface area contributed by atoms with Crippen molar-refractivity contribution >= 4 is 0 Å². The van der Waals surface area contributed by atoms with Crippen LogP contribution in [0.5, 0.6) is 5.75 Å². The number of hydrogen-bond acceptors (Lipinski definition) is 3. The van der Waals surface area contributed by atoms with E-state index >= 15 is 0 Å². The number of benzene rings is 1. The highest BCUT2D eigenvalue weighted by atomic mass is 16.5. The first-order valence-corrected chi connectivity index (χ1v) is 7.81. The Morgan fingerprint density at radius 2 is 2.00 bits per heavy atom. The zero-order valence-corrected chi connectivity index (χ0v) is 14.0. The topological polar surface area (TPSA) is 45.0 Å². The zero-order valence-electron chi connectivity index (χ0n) is 14.0. The van der Waals surface area contributed by atoms with Gasteiger partial charge in [0.1, 0.15) is 5.75 Å². The molecule has 0 aliphatic rings. The first-order chi connectivity index (χ1) is 9.92. The van der Waals surface area contributed by atoms with Crippen LogP contribution in [-0.4, -0.2) is 19.2 Å². The molecule has 3 heteroatoms. The second-order valence-corrected chi connectivity index (χ2v) is 6.31. The predicted octanol–water partition coefficient (Wildman–Crippen LogP) is 3.82. The maximum atomic E-state index is 9.04. The Kier molecular flexibility index (Phi) is 6.71. The molecule has 1 N–H and O–H groups in total. The lowest BCUT2D eigenvalue weighted by Crippen LogP contribution is -2.29. The molecule has 0 bridgehead atoms. The van der Waals surface area contributed by atoms with E-state index in [9.17, 15) is 0 Å². The monoisotopic (exact) mass is 288 g/mol. The SMILES string of the molecule is CCNC(C#N)CCOc1ccc(CC)cc1C(C)(C)C. The maximum absolute atomic E-state index is 9.04. The van der Waals surface area contributed by atoms with Gasteiger partial charge in [0.2, 0.25) is 0 Å². The quantitative estimate of drug-likeness (QED) is 0.829. The minimum absolute atomic E-state index is 0.0524. The summed E-state index contributed by atoms with van der Waals surface area (Å²) < 4.78 is 5.95. The summed E-state index contributed by atoms with van der Waals surface area (Å²) in [6.45, 7) is 12.1. The highest BCUT2D eigenvalue weighted by Crippen LogP contribution is 2.32. The predicted molar refractivity (Wildman–Crippen MR) is 87.7 cm³/mol. The Bertz CT molecular complexity index is 483. The van der Waals surface area contributed by atoms with Crippen LogP contribution >= 0.6 is 0 Å². The van der Waals surface area contributed by atoms with E-state index in [1.807, 2.05) is 6.92 Å². The molecule has 0 spiro atoms. The summed E-state index contributed by atoms with van der Waals surface area (Å²) in [4.78, 5) is 0. The number of nitrogens with zero attached hydrogens (tertiary/aromatic N) is 1. The lowest BCUT2D eigenvalue weighted by molar-refractivity contribution is 0.291. The molecule has 1 unspecified atom stereocenters. The fourth-order valence-corrected chi connectivity index (χ4v) is 2.25. The van der Waals surface area contributed by atoms with Crippen LogP contribution in [0.1, 0.15) is 52.2 Å². The zero-order chi connectivity index (χ0) is 15.9. The van der Waals surface area contributed by atoms with Gasteiger partial charge < -0.3 is 10.1 Å². The van der Waals surface area contributed by atoms with Crippen LogP contribution in [0.15, 0.2) is 18.2 Å². The van der Waals surface area contributed by atoms with Gasteiger partial charge in [0.15, 0.2) is 0 Å². The van der Waals surface area contributed by atoms with E-state index in [-0.39, 0.29) is 11.5 Å². The molecule has 0 saturated heterocycles. The second-order valence-electron chi connectivity index (χ2n) is 6.31. The number of hydrogen-bond donors (Lipinski definition) is 1. The maximum Gasteiger partial charge on any atom is 0.123 e. The summed E-state index contributed by atoms with van der Waals surface area (Å²) in [5, 5.41) is 12.2. The van der Waals surface area contributed by atoms with Gasteiger partial charge in [0.25, 0.3) is 0 Å². The van der Waals surface area contributed by atoms with E-state index in [0.29, 0.717) is 13.0 Å². The van der Waals surface area contributed by atoms with Gasteiger partial charge in [-0.2, -0.15) is 5.26 Å². The molecular weight excluding hydrogens is 260 g/mol. The molecule has 0 aliphatic heterocycles. The van der Waals surface area contributed by atoms with Crippen molar-refractivity contribution < 1.29 is 4.74 Å². The van der Waals surface area contributed by atoms with Gasteiger partial charge in [0.05, 0.1) is 18.7 Å². The molecule has 3 nitrogen and oxygen atoms in total. The summed E-state index contributed by atoms with van der Waals surface area (Å²) in [5.41, 5.74) is 2.62. The summed E-state index contributed by atoms with van der Waals surface area (Å²) in [5.74, 6) is 0.938. The van der Waals surface area contributed by atoms with Crippen molar-refractivity contribution in [1.82, 2.24) is 5.32 Å². The summed E-state index contributed by atoms with van der Waals surface area (Å²) in [6.07, 6.45) is 1.73. The largest absolute Gasteiger partial charge is 0.493 e. The van der Waals surface area contributed by atoms with E-state index in [2.05, 4.69) is 57.3 Å². The fraction of sp³-hybridized carbons (Fsp3) is 0.611. The second kappa shape index (κ2) is 8.05. The van der Waals surface area contributed by atoms with E-state index in [0.717, 1.165) is 18.7 Å². The van der Waals surface area contributed by atoms with Gasteiger partial charge >= 0.3 is 0 Å². The minimum atomic E-state index is -0.136. The van der Waals surface area contributed by atoms with Crippen molar-refractivity contribution in [3.8, 4) is 11.8 Å². The molecule has 0 aliphatic carbocycles. The fourth-order valence-electron chi connectivity index (χ4n) is 2.25. The number of aryl methyl sites for hydroxylation is 1. The van der Waals surface area contributed by atoms with E-state index in [1.165, 1.54) is 11.1 Å². The van der Waals surface area contributed by atoms with Gasteiger partial charge in [-0.3, -0.25) is 0 Å². The summed E-state index contributed by atoms with van der Waals surface area (Å²) >= 11 is 0. The standard InChI is InChI=1S/C18H28N2O/c1-6-14-8-9-17(16(12-14)18(3,4)5)21-11-10-15(13-19)20-7-2/h8-9,12,15,20H,6-7,10-11H2,1-5H3. The van der Waals surface area contributed by atoms with Crippen LogP contribution in [0.3, 0.4) is 0 Å². The molecular formula is C18H28N2O. The molecule has 0 aromatic heterocycles. The number of nitrogens with one attached hydrogen (secondary N) is 1. The van der Waals surface area contributed by atoms with Crippen molar-refractivity contribution in [2.75, 3.05) is 13.2 Å². The normalized spacial score (nSPS) is 12.8. The van der Waals surface area contributed by atoms with Crippen molar-refractivity contribution in [2.45, 2.75) is 58.9 Å². The third kappa shape index (κ3) is 5.40. The Morgan fingerprint density at radius 1 is 1.29 bits per heavy atom. The number of ether oxygens (including phenoxy) is 1. The molecule has 116 valence electrons. The van der Waals surface area contributed by atoms with Gasteiger partial charge in [-0.15, -0.1) is 0 Å². The Balaban J connectivity index is 2.77. The minimum Gasteiger partial charge on any atom is -0.493 e. The number of rotatable bonds is 7. The van der Waals surface area contributed by atoms with Crippen molar-refractivity contribution in [3.63, 3.8) is 0 Å². The molecule has 0 saturated carbocycles. The van der Waals surface area contributed by atoms with Gasteiger partial charge in [-0.25, -0.2) is 0 Å². The average Bonchev–Trinajstić information content (AvgIpc) is 2.45. The number of nitriles is 1.